The molecule has 2 aromatic rings. The van der Waals surface area contributed by atoms with Crippen LogP contribution < -0.4 is 14.8 Å². The number of rotatable bonds is 5. The quantitative estimate of drug-likeness (QED) is 0.916. The van der Waals surface area contributed by atoms with Crippen molar-refractivity contribution < 1.29 is 9.47 Å². The number of hydrogen-bond acceptors (Lipinski definition) is 3. The molecule has 0 amide bonds. The van der Waals surface area contributed by atoms with Gasteiger partial charge in [0.1, 0.15) is 0 Å². The largest absolute Gasteiger partial charge is 0.493 e. The average Bonchev–Trinajstić information content (AvgIpc) is 2.59. The van der Waals surface area contributed by atoms with E-state index in [4.69, 9.17) is 9.47 Å². The second-order valence-electron chi connectivity index (χ2n) is 5.69. The van der Waals surface area contributed by atoms with Crippen LogP contribution in [0.1, 0.15) is 29.2 Å². The lowest BCUT2D eigenvalue weighted by Gasteiger charge is -2.28. The zero-order valence-electron chi connectivity index (χ0n) is 13.3. The lowest BCUT2D eigenvalue weighted by atomic mass is 9.90. The molecule has 0 fully saturated rings. The minimum Gasteiger partial charge on any atom is -0.493 e. The van der Waals surface area contributed by atoms with Crippen LogP contribution in [0.25, 0.3) is 0 Å². The molecule has 3 nitrogen and oxygen atoms in total. The Morgan fingerprint density at radius 1 is 1.05 bits per heavy atom. The Morgan fingerprint density at radius 2 is 1.77 bits per heavy atom. The predicted octanol–water partition coefficient (Wildman–Crippen LogP) is 3.52. The fourth-order valence-corrected chi connectivity index (χ4v) is 3.18. The first-order valence-electron chi connectivity index (χ1n) is 7.84. The van der Waals surface area contributed by atoms with E-state index in [1.807, 2.05) is 0 Å². The number of methoxy groups -OCH3 is 2. The van der Waals surface area contributed by atoms with Gasteiger partial charge in [-0.05, 0) is 54.6 Å². The summed E-state index contributed by atoms with van der Waals surface area (Å²) < 4.78 is 10.9. The summed E-state index contributed by atoms with van der Waals surface area (Å²) in [5.74, 6) is 1.64. The highest BCUT2D eigenvalue weighted by Gasteiger charge is 2.22. The van der Waals surface area contributed by atoms with Gasteiger partial charge in [0.05, 0.1) is 14.2 Å². The van der Waals surface area contributed by atoms with E-state index in [9.17, 15) is 0 Å². The van der Waals surface area contributed by atoms with Crippen molar-refractivity contribution in [1.29, 1.82) is 0 Å². The van der Waals surface area contributed by atoms with Gasteiger partial charge in [-0.25, -0.2) is 0 Å². The molecule has 22 heavy (non-hydrogen) atoms. The molecule has 116 valence electrons. The summed E-state index contributed by atoms with van der Waals surface area (Å²) in [6.07, 6.45) is 3.20. The van der Waals surface area contributed by atoms with Gasteiger partial charge in [-0.2, -0.15) is 0 Å². The van der Waals surface area contributed by atoms with Crippen LogP contribution in [-0.2, 0) is 12.8 Å². The van der Waals surface area contributed by atoms with E-state index in [1.165, 1.54) is 16.7 Å². The topological polar surface area (TPSA) is 30.5 Å². The predicted molar refractivity (Wildman–Crippen MR) is 88.8 cm³/mol. The van der Waals surface area contributed by atoms with Gasteiger partial charge in [-0.15, -0.1) is 0 Å². The molecule has 0 radical (unpaired) electrons. The summed E-state index contributed by atoms with van der Waals surface area (Å²) in [5.41, 5.74) is 4.10. The van der Waals surface area contributed by atoms with Gasteiger partial charge >= 0.3 is 0 Å². The molecule has 1 heterocycles. The molecule has 0 bridgehead atoms. The Balaban J connectivity index is 1.81. The van der Waals surface area contributed by atoms with Gasteiger partial charge < -0.3 is 14.8 Å². The summed E-state index contributed by atoms with van der Waals surface area (Å²) in [4.78, 5) is 0. The molecule has 0 aromatic heterocycles. The fraction of sp³-hybridized carbons (Fsp3) is 0.368. The lowest BCUT2D eigenvalue weighted by molar-refractivity contribution is 0.351. The van der Waals surface area contributed by atoms with Crippen LogP contribution in [-0.4, -0.2) is 20.8 Å². The Bertz CT molecular complexity index is 625. The molecule has 2 aromatic carbocycles. The summed E-state index contributed by atoms with van der Waals surface area (Å²) in [6, 6.07) is 15.3. The van der Waals surface area contributed by atoms with Crippen LogP contribution in [0, 0.1) is 0 Å². The van der Waals surface area contributed by atoms with Gasteiger partial charge in [0, 0.05) is 6.04 Å². The average molecular weight is 297 g/mol. The monoisotopic (exact) mass is 297 g/mol. The molecule has 1 atom stereocenters. The Hall–Kier alpha value is -2.00. The van der Waals surface area contributed by atoms with E-state index in [0.717, 1.165) is 37.3 Å². The summed E-state index contributed by atoms with van der Waals surface area (Å²) >= 11 is 0. The molecule has 0 spiro atoms. The normalized spacial score (nSPS) is 16.9. The van der Waals surface area contributed by atoms with Crippen molar-refractivity contribution in [2.75, 3.05) is 20.8 Å². The molecule has 3 heteroatoms. The van der Waals surface area contributed by atoms with Crippen LogP contribution in [0.15, 0.2) is 42.5 Å². The Labute approximate surface area is 132 Å². The smallest absolute Gasteiger partial charge is 0.161 e. The van der Waals surface area contributed by atoms with E-state index < -0.39 is 0 Å². The van der Waals surface area contributed by atoms with Crippen LogP contribution in [0.2, 0.25) is 0 Å². The number of benzene rings is 2. The van der Waals surface area contributed by atoms with Gasteiger partial charge in [0.15, 0.2) is 11.5 Å². The SMILES string of the molecule is COc1cc2c(cc1OC)[C@H](CCc1ccccc1)NCC2. The van der Waals surface area contributed by atoms with Crippen LogP contribution in [0.3, 0.4) is 0 Å². The fourth-order valence-electron chi connectivity index (χ4n) is 3.18. The molecule has 3 rings (SSSR count). The minimum absolute atomic E-state index is 0.378. The maximum absolute atomic E-state index is 5.46. The first-order valence-corrected chi connectivity index (χ1v) is 7.84. The van der Waals surface area contributed by atoms with Gasteiger partial charge in [0.25, 0.3) is 0 Å². The first kappa shape index (κ1) is 14.9. The number of ether oxygens (including phenoxy) is 2. The first-order chi connectivity index (χ1) is 10.8. The third-order valence-electron chi connectivity index (χ3n) is 4.37. The van der Waals surface area contributed by atoms with Crippen molar-refractivity contribution in [3.05, 3.63) is 59.2 Å². The van der Waals surface area contributed by atoms with E-state index in [0.29, 0.717) is 6.04 Å². The second-order valence-corrected chi connectivity index (χ2v) is 5.69. The molecule has 0 saturated heterocycles. The second kappa shape index (κ2) is 6.84. The standard InChI is InChI=1S/C19H23NO2/c1-21-18-12-15-10-11-20-17(16(15)13-19(18)22-2)9-8-14-6-4-3-5-7-14/h3-7,12-13,17,20H,8-11H2,1-2H3/t17-/m0/s1. The Kier molecular flexibility index (Phi) is 4.64. The molecular formula is C19H23NO2. The van der Waals surface area contributed by atoms with E-state index >= 15 is 0 Å². The highest BCUT2D eigenvalue weighted by atomic mass is 16.5. The van der Waals surface area contributed by atoms with E-state index in [2.05, 4.69) is 47.8 Å². The van der Waals surface area contributed by atoms with Gasteiger partial charge in [-0.3, -0.25) is 0 Å². The van der Waals surface area contributed by atoms with Crippen LogP contribution >= 0.6 is 0 Å². The van der Waals surface area contributed by atoms with Crippen molar-refractivity contribution in [2.24, 2.45) is 0 Å². The van der Waals surface area contributed by atoms with Crippen molar-refractivity contribution in [3.8, 4) is 11.5 Å². The molecular weight excluding hydrogens is 274 g/mol. The van der Waals surface area contributed by atoms with Crippen LogP contribution in [0.5, 0.6) is 11.5 Å². The van der Waals surface area contributed by atoms with Crippen molar-refractivity contribution >= 4 is 0 Å². The zero-order chi connectivity index (χ0) is 15.4. The van der Waals surface area contributed by atoms with Crippen molar-refractivity contribution in [2.45, 2.75) is 25.3 Å². The third kappa shape index (κ3) is 3.09. The third-order valence-corrected chi connectivity index (χ3v) is 4.37. The van der Waals surface area contributed by atoms with E-state index in [-0.39, 0.29) is 0 Å². The maximum Gasteiger partial charge on any atom is 0.161 e. The number of nitrogens with one attached hydrogen (secondary N) is 1. The van der Waals surface area contributed by atoms with E-state index in [1.54, 1.807) is 14.2 Å². The number of aryl methyl sites for hydroxylation is 1. The van der Waals surface area contributed by atoms with Crippen molar-refractivity contribution in [1.82, 2.24) is 5.32 Å². The molecule has 1 N–H and O–H groups in total. The summed E-state index contributed by atoms with van der Waals surface area (Å²) in [7, 11) is 3.39. The van der Waals surface area contributed by atoms with Gasteiger partial charge in [0.2, 0.25) is 0 Å². The maximum atomic E-state index is 5.46. The minimum atomic E-state index is 0.378. The molecule has 0 aliphatic carbocycles. The number of fused-ring (bicyclic) bond motifs is 1. The zero-order valence-corrected chi connectivity index (χ0v) is 13.3. The summed E-state index contributed by atoms with van der Waals surface area (Å²) in [5, 5.41) is 3.64. The molecule has 1 aliphatic heterocycles. The summed E-state index contributed by atoms with van der Waals surface area (Å²) in [6.45, 7) is 1.02. The highest BCUT2D eigenvalue weighted by molar-refractivity contribution is 5.49. The molecule has 1 aliphatic rings. The van der Waals surface area contributed by atoms with Gasteiger partial charge in [-0.1, -0.05) is 30.3 Å². The highest BCUT2D eigenvalue weighted by Crippen LogP contribution is 2.36. The number of hydrogen-bond donors (Lipinski definition) is 1. The van der Waals surface area contributed by atoms with Crippen LogP contribution in [0.4, 0.5) is 0 Å². The lowest BCUT2D eigenvalue weighted by Crippen LogP contribution is -2.30. The molecule has 0 saturated carbocycles. The van der Waals surface area contributed by atoms with Crippen molar-refractivity contribution in [3.63, 3.8) is 0 Å². The Morgan fingerprint density at radius 3 is 2.50 bits per heavy atom. The molecule has 0 unspecified atom stereocenters.